The molecule has 25 heavy (non-hydrogen) atoms. The lowest BCUT2D eigenvalue weighted by Gasteiger charge is -2.03. The summed E-state index contributed by atoms with van der Waals surface area (Å²) in [6.45, 7) is 0. The standard InChI is InChI=1S/C19H15N3O3/c23-17(24)10-7-12-5-8-13(9-6-12)22-19(25)15-11-20-16-4-2-1-3-14(16)18(15)21-22/h1-6,8-9,11,21H,7,10H2,(H,23,24). The third-order valence-corrected chi connectivity index (χ3v) is 4.25. The second kappa shape index (κ2) is 5.90. The number of hydrogen-bond donors (Lipinski definition) is 2. The van der Waals surface area contributed by atoms with Gasteiger partial charge in [-0.2, -0.15) is 0 Å². The molecule has 0 atom stereocenters. The van der Waals surface area contributed by atoms with Gasteiger partial charge in [-0.1, -0.05) is 30.3 Å². The lowest BCUT2D eigenvalue weighted by molar-refractivity contribution is -0.136. The van der Waals surface area contributed by atoms with E-state index >= 15 is 0 Å². The number of pyridine rings is 1. The fourth-order valence-electron chi connectivity index (χ4n) is 2.95. The minimum Gasteiger partial charge on any atom is -0.481 e. The number of fused-ring (bicyclic) bond motifs is 3. The van der Waals surface area contributed by atoms with Crippen LogP contribution in [0.5, 0.6) is 0 Å². The van der Waals surface area contributed by atoms with Crippen LogP contribution in [0.3, 0.4) is 0 Å². The van der Waals surface area contributed by atoms with Gasteiger partial charge in [0.1, 0.15) is 0 Å². The molecule has 124 valence electrons. The normalized spacial score (nSPS) is 11.2. The Morgan fingerprint density at radius 3 is 2.60 bits per heavy atom. The van der Waals surface area contributed by atoms with Gasteiger partial charge in [0, 0.05) is 18.0 Å². The van der Waals surface area contributed by atoms with Crippen LogP contribution in [0.25, 0.3) is 27.5 Å². The topological polar surface area (TPSA) is 88.0 Å². The highest BCUT2D eigenvalue weighted by atomic mass is 16.4. The van der Waals surface area contributed by atoms with Gasteiger partial charge in [-0.3, -0.25) is 19.7 Å². The number of para-hydroxylation sites is 1. The van der Waals surface area contributed by atoms with E-state index in [2.05, 4.69) is 10.1 Å². The largest absolute Gasteiger partial charge is 0.481 e. The van der Waals surface area contributed by atoms with Crippen LogP contribution in [0.15, 0.2) is 59.5 Å². The molecule has 0 fully saturated rings. The zero-order valence-electron chi connectivity index (χ0n) is 13.3. The highest BCUT2D eigenvalue weighted by Crippen LogP contribution is 2.20. The molecule has 6 heteroatoms. The summed E-state index contributed by atoms with van der Waals surface area (Å²) in [6.07, 6.45) is 2.14. The van der Waals surface area contributed by atoms with Crippen LogP contribution < -0.4 is 5.56 Å². The maximum atomic E-state index is 12.7. The van der Waals surface area contributed by atoms with Crippen LogP contribution in [0.4, 0.5) is 0 Å². The van der Waals surface area contributed by atoms with Gasteiger partial charge >= 0.3 is 5.97 Å². The first kappa shape index (κ1) is 15.1. The molecule has 2 aromatic heterocycles. The first-order chi connectivity index (χ1) is 12.1. The lowest BCUT2D eigenvalue weighted by Crippen LogP contribution is -2.14. The van der Waals surface area contributed by atoms with Crippen molar-refractivity contribution in [2.24, 2.45) is 0 Å². The predicted molar refractivity (Wildman–Crippen MR) is 95.2 cm³/mol. The highest BCUT2D eigenvalue weighted by Gasteiger charge is 2.11. The molecular weight excluding hydrogens is 318 g/mol. The van der Waals surface area contributed by atoms with E-state index < -0.39 is 5.97 Å². The number of rotatable bonds is 4. The van der Waals surface area contributed by atoms with Crippen LogP contribution >= 0.6 is 0 Å². The number of carboxylic acid groups (broad SMARTS) is 1. The van der Waals surface area contributed by atoms with Crippen molar-refractivity contribution in [2.45, 2.75) is 12.8 Å². The Hall–Kier alpha value is -3.41. The highest BCUT2D eigenvalue weighted by molar-refractivity contribution is 6.02. The van der Waals surface area contributed by atoms with Crippen molar-refractivity contribution in [1.82, 2.24) is 14.8 Å². The van der Waals surface area contributed by atoms with Gasteiger partial charge in [-0.25, -0.2) is 4.68 Å². The first-order valence-corrected chi connectivity index (χ1v) is 7.93. The Labute approximate surface area is 142 Å². The number of H-pyrrole nitrogens is 1. The van der Waals surface area contributed by atoms with Crippen LogP contribution in [0, 0.1) is 0 Å². The summed E-state index contributed by atoms with van der Waals surface area (Å²) in [5.41, 5.74) is 3.04. The molecule has 2 heterocycles. The summed E-state index contributed by atoms with van der Waals surface area (Å²) < 4.78 is 1.49. The van der Waals surface area contributed by atoms with Gasteiger partial charge in [0.15, 0.2) is 0 Å². The summed E-state index contributed by atoms with van der Waals surface area (Å²) in [5.74, 6) is -0.824. The fourth-order valence-corrected chi connectivity index (χ4v) is 2.95. The van der Waals surface area contributed by atoms with E-state index in [1.807, 2.05) is 48.5 Å². The van der Waals surface area contributed by atoms with Gasteiger partial charge in [-0.15, -0.1) is 0 Å². The lowest BCUT2D eigenvalue weighted by atomic mass is 10.1. The zero-order valence-corrected chi connectivity index (χ0v) is 13.3. The molecule has 6 nitrogen and oxygen atoms in total. The maximum Gasteiger partial charge on any atom is 0.303 e. The Balaban J connectivity index is 1.79. The minimum atomic E-state index is -0.824. The second-order valence-electron chi connectivity index (χ2n) is 5.88. The molecule has 0 aliphatic carbocycles. The molecule has 0 amide bonds. The summed E-state index contributed by atoms with van der Waals surface area (Å²) in [4.78, 5) is 27.7. The molecule has 0 aliphatic rings. The number of nitrogens with one attached hydrogen (secondary N) is 1. The van der Waals surface area contributed by atoms with Crippen molar-refractivity contribution < 1.29 is 9.90 Å². The maximum absolute atomic E-state index is 12.7. The van der Waals surface area contributed by atoms with E-state index in [4.69, 9.17) is 5.11 Å². The van der Waals surface area contributed by atoms with Crippen LogP contribution in [0.2, 0.25) is 0 Å². The molecule has 0 aliphatic heterocycles. The van der Waals surface area contributed by atoms with Crippen molar-refractivity contribution in [2.75, 3.05) is 0 Å². The molecule has 4 rings (SSSR count). The minimum absolute atomic E-state index is 0.0866. The van der Waals surface area contributed by atoms with Crippen molar-refractivity contribution in [3.05, 3.63) is 70.6 Å². The number of hydrogen-bond acceptors (Lipinski definition) is 3. The molecule has 0 saturated heterocycles. The average molecular weight is 333 g/mol. The number of aromatic nitrogens is 3. The molecule has 2 N–H and O–H groups in total. The Morgan fingerprint density at radius 2 is 1.84 bits per heavy atom. The number of aryl methyl sites for hydroxylation is 1. The number of carbonyl (C=O) groups is 1. The number of aromatic amines is 1. The summed E-state index contributed by atoms with van der Waals surface area (Å²) in [5, 5.41) is 13.4. The summed E-state index contributed by atoms with van der Waals surface area (Å²) in [6, 6.07) is 15.0. The van der Waals surface area contributed by atoms with E-state index in [9.17, 15) is 9.59 Å². The number of benzene rings is 2. The first-order valence-electron chi connectivity index (χ1n) is 7.93. The predicted octanol–water partition coefficient (Wildman–Crippen LogP) is 2.88. The van der Waals surface area contributed by atoms with E-state index in [0.29, 0.717) is 17.5 Å². The molecule has 0 unspecified atom stereocenters. The van der Waals surface area contributed by atoms with E-state index in [1.54, 1.807) is 6.20 Å². The third kappa shape index (κ3) is 2.67. The van der Waals surface area contributed by atoms with E-state index in [0.717, 1.165) is 22.0 Å². The Bertz CT molecular complexity index is 1140. The molecule has 4 aromatic rings. The zero-order chi connectivity index (χ0) is 17.4. The SMILES string of the molecule is O=C(O)CCc1ccc(-n2[nH]c3c(cnc4ccccc43)c2=O)cc1. The van der Waals surface area contributed by atoms with Gasteiger partial charge < -0.3 is 5.11 Å². The summed E-state index contributed by atoms with van der Waals surface area (Å²) in [7, 11) is 0. The molecule has 0 spiro atoms. The number of nitrogens with zero attached hydrogens (tertiary/aromatic N) is 2. The van der Waals surface area contributed by atoms with E-state index in [-0.39, 0.29) is 12.0 Å². The molecule has 0 radical (unpaired) electrons. The Morgan fingerprint density at radius 1 is 1.08 bits per heavy atom. The van der Waals surface area contributed by atoms with Crippen molar-refractivity contribution >= 4 is 27.8 Å². The van der Waals surface area contributed by atoms with Crippen LogP contribution in [-0.4, -0.2) is 25.8 Å². The van der Waals surface area contributed by atoms with Gasteiger partial charge in [0.25, 0.3) is 5.56 Å². The van der Waals surface area contributed by atoms with Gasteiger partial charge in [0.05, 0.1) is 22.1 Å². The third-order valence-electron chi connectivity index (χ3n) is 4.25. The van der Waals surface area contributed by atoms with Crippen molar-refractivity contribution in [3.63, 3.8) is 0 Å². The van der Waals surface area contributed by atoms with Gasteiger partial charge in [0.2, 0.25) is 0 Å². The van der Waals surface area contributed by atoms with E-state index in [1.165, 1.54) is 4.68 Å². The molecular formula is C19H15N3O3. The fraction of sp³-hybridized carbons (Fsp3) is 0.105. The quantitative estimate of drug-likeness (QED) is 0.601. The Kier molecular flexibility index (Phi) is 3.57. The molecule has 0 bridgehead atoms. The second-order valence-corrected chi connectivity index (χ2v) is 5.88. The number of aliphatic carboxylic acids is 1. The summed E-state index contributed by atoms with van der Waals surface area (Å²) >= 11 is 0. The average Bonchev–Trinajstić information content (AvgIpc) is 2.98. The van der Waals surface area contributed by atoms with Crippen molar-refractivity contribution in [3.8, 4) is 5.69 Å². The monoisotopic (exact) mass is 333 g/mol. The number of carboxylic acids is 1. The van der Waals surface area contributed by atoms with Gasteiger partial charge in [-0.05, 0) is 30.2 Å². The smallest absolute Gasteiger partial charge is 0.303 e. The molecule has 2 aromatic carbocycles. The van der Waals surface area contributed by atoms with Crippen LogP contribution in [-0.2, 0) is 11.2 Å². The van der Waals surface area contributed by atoms with Crippen LogP contribution in [0.1, 0.15) is 12.0 Å². The van der Waals surface area contributed by atoms with Crippen molar-refractivity contribution in [1.29, 1.82) is 0 Å². The molecule has 0 saturated carbocycles.